The van der Waals surface area contributed by atoms with Crippen molar-refractivity contribution in [2.75, 3.05) is 7.11 Å². The van der Waals surface area contributed by atoms with Crippen LogP contribution in [0.3, 0.4) is 0 Å². The van der Waals surface area contributed by atoms with Gasteiger partial charge in [0.2, 0.25) is 0 Å². The van der Waals surface area contributed by atoms with Crippen molar-refractivity contribution in [2.24, 2.45) is 0 Å². The Morgan fingerprint density at radius 1 is 1.62 bits per heavy atom. The minimum absolute atomic E-state index is 0.0764. The van der Waals surface area contributed by atoms with Gasteiger partial charge in [-0.25, -0.2) is 9.18 Å². The molecule has 0 amide bonds. The molecule has 16 heavy (non-hydrogen) atoms. The molecule has 0 heterocycles. The van der Waals surface area contributed by atoms with Gasteiger partial charge in [-0.05, 0) is 23.8 Å². The van der Waals surface area contributed by atoms with E-state index in [4.69, 9.17) is 15.1 Å². The fourth-order valence-corrected chi connectivity index (χ4v) is 1.13. The van der Waals surface area contributed by atoms with Gasteiger partial charge in [0.1, 0.15) is 23.2 Å². The molecule has 1 N–H and O–H groups in total. The summed E-state index contributed by atoms with van der Waals surface area (Å²) in [5, 5.41) is 17.1. The fourth-order valence-electron chi connectivity index (χ4n) is 1.13. The van der Waals surface area contributed by atoms with Crippen molar-refractivity contribution < 1.29 is 19.0 Å². The van der Waals surface area contributed by atoms with Gasteiger partial charge in [-0.15, -0.1) is 0 Å². The average Bonchev–Trinajstić information content (AvgIpc) is 2.25. The summed E-state index contributed by atoms with van der Waals surface area (Å²) in [7, 11) is 1.31. The van der Waals surface area contributed by atoms with E-state index in [1.165, 1.54) is 19.3 Å². The van der Waals surface area contributed by atoms with Crippen LogP contribution in [0, 0.1) is 17.1 Å². The van der Waals surface area contributed by atoms with Crippen molar-refractivity contribution in [2.45, 2.75) is 0 Å². The predicted octanol–water partition coefficient (Wildman–Crippen LogP) is 1.80. The Kier molecular flexibility index (Phi) is 3.62. The highest BCUT2D eigenvalue weighted by Crippen LogP contribution is 2.23. The number of hydrogen-bond donors (Lipinski definition) is 1. The van der Waals surface area contributed by atoms with Gasteiger partial charge in [-0.1, -0.05) is 0 Å². The molecule has 0 spiro atoms. The van der Waals surface area contributed by atoms with Crippen LogP contribution in [0.4, 0.5) is 4.39 Å². The van der Waals surface area contributed by atoms with Crippen molar-refractivity contribution >= 4 is 12.0 Å². The predicted molar refractivity (Wildman–Crippen MR) is 54.3 cm³/mol. The van der Waals surface area contributed by atoms with Gasteiger partial charge >= 0.3 is 5.97 Å². The number of hydrogen-bond acceptors (Lipinski definition) is 3. The lowest BCUT2D eigenvalue weighted by Gasteiger charge is -2.04. The summed E-state index contributed by atoms with van der Waals surface area (Å²) < 4.78 is 18.2. The van der Waals surface area contributed by atoms with E-state index in [0.29, 0.717) is 5.56 Å². The molecule has 4 nitrogen and oxygen atoms in total. The third-order valence-corrected chi connectivity index (χ3v) is 1.83. The molecule has 0 fully saturated rings. The normalized spacial score (nSPS) is 10.1. The second-order valence-corrected chi connectivity index (χ2v) is 2.86. The monoisotopic (exact) mass is 221 g/mol. The number of methoxy groups -OCH3 is 1. The lowest BCUT2D eigenvalue weighted by molar-refractivity contribution is -0.131. The third kappa shape index (κ3) is 2.58. The molecule has 5 heteroatoms. The minimum Gasteiger partial charge on any atom is -0.495 e. The van der Waals surface area contributed by atoms with Gasteiger partial charge < -0.3 is 9.84 Å². The van der Waals surface area contributed by atoms with E-state index in [9.17, 15) is 9.18 Å². The van der Waals surface area contributed by atoms with Crippen molar-refractivity contribution in [1.82, 2.24) is 0 Å². The molecule has 0 radical (unpaired) electrons. The first kappa shape index (κ1) is 11.7. The number of nitriles is 1. The molecular weight excluding hydrogens is 213 g/mol. The van der Waals surface area contributed by atoms with Crippen LogP contribution in [0.2, 0.25) is 0 Å². The number of ether oxygens (including phenoxy) is 1. The Balaban J connectivity index is 3.22. The van der Waals surface area contributed by atoms with Gasteiger partial charge in [0.25, 0.3) is 0 Å². The van der Waals surface area contributed by atoms with E-state index in [1.807, 2.05) is 0 Å². The van der Waals surface area contributed by atoms with Gasteiger partial charge in [0, 0.05) is 6.08 Å². The first-order chi connectivity index (χ1) is 7.58. The Bertz CT molecular complexity index is 489. The van der Waals surface area contributed by atoms with E-state index >= 15 is 0 Å². The second-order valence-electron chi connectivity index (χ2n) is 2.86. The topological polar surface area (TPSA) is 70.3 Å². The van der Waals surface area contributed by atoms with E-state index in [1.54, 1.807) is 6.07 Å². The van der Waals surface area contributed by atoms with E-state index in [-0.39, 0.29) is 11.3 Å². The summed E-state index contributed by atoms with van der Waals surface area (Å²) in [6.07, 6.45) is 2.09. The number of benzene rings is 1. The Hall–Kier alpha value is -2.35. The zero-order valence-corrected chi connectivity index (χ0v) is 8.40. The van der Waals surface area contributed by atoms with Crippen LogP contribution >= 0.6 is 0 Å². The smallest absolute Gasteiger partial charge is 0.328 e. The highest BCUT2D eigenvalue weighted by atomic mass is 19.1. The number of carboxylic acids is 1. The number of nitrogens with zero attached hydrogens (tertiary/aromatic N) is 1. The average molecular weight is 221 g/mol. The summed E-state index contributed by atoms with van der Waals surface area (Å²) in [6, 6.07) is 4.13. The second kappa shape index (κ2) is 4.94. The molecule has 0 aliphatic rings. The number of rotatable bonds is 3. The standard InChI is InChI=1S/C11H8FNO3/c1-16-10-5-7(2-3-11(14)15)4-9(12)8(10)6-13/h2-5H,1H3,(H,14,15)/b3-2+. The summed E-state index contributed by atoms with van der Waals surface area (Å²) in [5.74, 6) is -1.80. The maximum Gasteiger partial charge on any atom is 0.328 e. The van der Waals surface area contributed by atoms with Crippen LogP contribution in [0.5, 0.6) is 5.75 Å². The summed E-state index contributed by atoms with van der Waals surface area (Å²) in [4.78, 5) is 10.3. The van der Waals surface area contributed by atoms with Crippen LogP contribution in [0.25, 0.3) is 6.08 Å². The minimum atomic E-state index is -1.14. The molecule has 1 aromatic rings. The molecule has 0 bridgehead atoms. The quantitative estimate of drug-likeness (QED) is 0.790. The molecule has 1 rings (SSSR count). The Labute approximate surface area is 91.2 Å². The van der Waals surface area contributed by atoms with Crippen LogP contribution in [0.1, 0.15) is 11.1 Å². The van der Waals surface area contributed by atoms with Crippen LogP contribution in [-0.4, -0.2) is 18.2 Å². The number of carboxylic acid groups (broad SMARTS) is 1. The van der Waals surface area contributed by atoms with Gasteiger partial charge in [-0.3, -0.25) is 0 Å². The first-order valence-corrected chi connectivity index (χ1v) is 4.27. The lowest BCUT2D eigenvalue weighted by Crippen LogP contribution is -1.93. The van der Waals surface area contributed by atoms with E-state index in [0.717, 1.165) is 12.1 Å². The SMILES string of the molecule is COc1cc(/C=C/C(=O)O)cc(F)c1C#N. The molecule has 0 saturated heterocycles. The number of halogens is 1. The molecule has 0 aliphatic heterocycles. The van der Waals surface area contributed by atoms with Crippen molar-refractivity contribution in [3.63, 3.8) is 0 Å². The molecule has 0 saturated carbocycles. The molecule has 1 aromatic carbocycles. The van der Waals surface area contributed by atoms with Gasteiger partial charge in [-0.2, -0.15) is 5.26 Å². The third-order valence-electron chi connectivity index (χ3n) is 1.83. The van der Waals surface area contributed by atoms with Crippen molar-refractivity contribution in [3.05, 3.63) is 35.2 Å². The number of carbonyl (C=O) groups is 1. The molecular formula is C11H8FNO3. The highest BCUT2D eigenvalue weighted by Gasteiger charge is 2.10. The molecule has 0 aliphatic carbocycles. The molecule has 82 valence electrons. The summed E-state index contributed by atoms with van der Waals surface area (Å²) >= 11 is 0. The summed E-state index contributed by atoms with van der Waals surface area (Å²) in [5.41, 5.74) is 0.116. The van der Waals surface area contributed by atoms with Crippen molar-refractivity contribution in [1.29, 1.82) is 5.26 Å². The zero-order valence-electron chi connectivity index (χ0n) is 8.40. The van der Waals surface area contributed by atoms with E-state index in [2.05, 4.69) is 0 Å². The largest absolute Gasteiger partial charge is 0.495 e. The number of aliphatic carboxylic acids is 1. The maximum absolute atomic E-state index is 13.3. The van der Waals surface area contributed by atoms with Gasteiger partial charge in [0.15, 0.2) is 0 Å². The van der Waals surface area contributed by atoms with Crippen LogP contribution < -0.4 is 4.74 Å². The Morgan fingerprint density at radius 2 is 2.31 bits per heavy atom. The molecule has 0 aromatic heterocycles. The van der Waals surface area contributed by atoms with Crippen LogP contribution in [-0.2, 0) is 4.79 Å². The molecule has 0 atom stereocenters. The highest BCUT2D eigenvalue weighted by molar-refractivity contribution is 5.85. The van der Waals surface area contributed by atoms with Gasteiger partial charge in [0.05, 0.1) is 7.11 Å². The first-order valence-electron chi connectivity index (χ1n) is 4.27. The molecule has 0 unspecified atom stereocenters. The fraction of sp³-hybridized carbons (Fsp3) is 0.0909. The maximum atomic E-state index is 13.3. The zero-order chi connectivity index (χ0) is 12.1. The lowest BCUT2D eigenvalue weighted by atomic mass is 10.1. The van der Waals surface area contributed by atoms with Crippen LogP contribution in [0.15, 0.2) is 18.2 Å². The Morgan fingerprint density at radius 3 is 2.81 bits per heavy atom. The summed E-state index contributed by atoms with van der Waals surface area (Å²) in [6.45, 7) is 0. The van der Waals surface area contributed by atoms with Crippen molar-refractivity contribution in [3.8, 4) is 11.8 Å². The van der Waals surface area contributed by atoms with E-state index < -0.39 is 11.8 Å².